The first-order valence-corrected chi connectivity index (χ1v) is 10.2. The standard InChI is InChI=1S/C19H25BrN6.HI/c1-2-21-18(22-12-17-25-24-16-7-4-10-26(16)17)23-13-19(8-9-19)14-5-3-6-15(20)11-14;/h3,5-6,11H,2,4,7-10,12-13H2,1H3,(H2,21,22,23);1H. The van der Waals surface area contributed by atoms with Crippen LogP contribution in [0.15, 0.2) is 33.7 Å². The number of benzene rings is 1. The van der Waals surface area contributed by atoms with Crippen LogP contribution in [0.1, 0.15) is 43.4 Å². The number of guanidine groups is 1. The summed E-state index contributed by atoms with van der Waals surface area (Å²) in [5, 5.41) is 15.4. The molecule has 0 spiro atoms. The highest BCUT2D eigenvalue weighted by molar-refractivity contribution is 14.0. The molecule has 2 aliphatic rings. The predicted molar refractivity (Wildman–Crippen MR) is 122 cm³/mol. The predicted octanol–water partition coefficient (Wildman–Crippen LogP) is 3.39. The average molecular weight is 545 g/mol. The van der Waals surface area contributed by atoms with Crippen LogP contribution in [-0.2, 0) is 24.9 Å². The zero-order chi connectivity index (χ0) is 18.0. The second-order valence-corrected chi connectivity index (χ2v) is 8.04. The van der Waals surface area contributed by atoms with Gasteiger partial charge in [0.1, 0.15) is 12.4 Å². The molecule has 1 aliphatic heterocycles. The third-order valence-corrected chi connectivity index (χ3v) is 5.79. The van der Waals surface area contributed by atoms with Crippen LogP contribution in [0, 0.1) is 0 Å². The van der Waals surface area contributed by atoms with Gasteiger partial charge in [-0.2, -0.15) is 0 Å². The summed E-state index contributed by atoms with van der Waals surface area (Å²) in [6, 6.07) is 8.65. The molecule has 1 fully saturated rings. The second-order valence-electron chi connectivity index (χ2n) is 7.13. The van der Waals surface area contributed by atoms with E-state index in [1.165, 1.54) is 18.4 Å². The van der Waals surface area contributed by atoms with Crippen molar-refractivity contribution in [3.05, 3.63) is 46.0 Å². The van der Waals surface area contributed by atoms with E-state index >= 15 is 0 Å². The van der Waals surface area contributed by atoms with Gasteiger partial charge in [0.05, 0.1) is 0 Å². The number of fused-ring (bicyclic) bond motifs is 1. The van der Waals surface area contributed by atoms with E-state index in [-0.39, 0.29) is 29.4 Å². The lowest BCUT2D eigenvalue weighted by Crippen LogP contribution is -2.41. The Bertz CT molecular complexity index is 814. The summed E-state index contributed by atoms with van der Waals surface area (Å²) in [6.45, 7) is 5.41. The van der Waals surface area contributed by atoms with Crippen LogP contribution in [-0.4, -0.2) is 33.8 Å². The molecule has 6 nitrogen and oxygen atoms in total. The molecule has 1 aromatic heterocycles. The number of aliphatic imine (C=N–C) groups is 1. The number of hydrogen-bond acceptors (Lipinski definition) is 3. The summed E-state index contributed by atoms with van der Waals surface area (Å²) in [5.74, 6) is 2.91. The molecule has 0 amide bonds. The highest BCUT2D eigenvalue weighted by Crippen LogP contribution is 2.48. The van der Waals surface area contributed by atoms with E-state index in [9.17, 15) is 0 Å². The number of aryl methyl sites for hydroxylation is 1. The number of nitrogens with zero attached hydrogens (tertiary/aromatic N) is 4. The van der Waals surface area contributed by atoms with E-state index in [0.717, 1.165) is 54.6 Å². The van der Waals surface area contributed by atoms with E-state index in [4.69, 9.17) is 4.99 Å². The van der Waals surface area contributed by atoms with E-state index in [0.29, 0.717) is 6.54 Å². The van der Waals surface area contributed by atoms with Crippen molar-refractivity contribution in [2.75, 3.05) is 13.1 Å². The lowest BCUT2D eigenvalue weighted by molar-refractivity contribution is 0.642. The number of rotatable bonds is 6. The minimum absolute atomic E-state index is 0. The molecule has 0 saturated heterocycles. The lowest BCUT2D eigenvalue weighted by atomic mass is 9.96. The minimum atomic E-state index is 0. The van der Waals surface area contributed by atoms with Crippen molar-refractivity contribution in [3.8, 4) is 0 Å². The van der Waals surface area contributed by atoms with E-state index in [1.54, 1.807) is 0 Å². The normalized spacial score (nSPS) is 17.2. The molecule has 2 N–H and O–H groups in total. The third kappa shape index (κ3) is 4.64. The second kappa shape index (κ2) is 8.89. The van der Waals surface area contributed by atoms with Crippen molar-refractivity contribution in [2.24, 2.45) is 4.99 Å². The van der Waals surface area contributed by atoms with Gasteiger partial charge < -0.3 is 15.2 Å². The van der Waals surface area contributed by atoms with Gasteiger partial charge in [0, 0.05) is 35.9 Å². The Morgan fingerprint density at radius 3 is 2.89 bits per heavy atom. The van der Waals surface area contributed by atoms with Crippen molar-refractivity contribution in [2.45, 2.75) is 51.1 Å². The Kier molecular flexibility index (Phi) is 6.78. The largest absolute Gasteiger partial charge is 0.357 e. The molecule has 2 heterocycles. The fourth-order valence-electron chi connectivity index (χ4n) is 3.61. The average Bonchev–Trinajstić information content (AvgIpc) is 3.11. The molecular formula is C19H26BrIN6. The lowest BCUT2D eigenvalue weighted by Gasteiger charge is -2.19. The number of aromatic nitrogens is 3. The van der Waals surface area contributed by atoms with Gasteiger partial charge in [-0.05, 0) is 43.9 Å². The molecule has 1 aromatic carbocycles. The third-order valence-electron chi connectivity index (χ3n) is 5.29. The molecule has 0 bridgehead atoms. The quantitative estimate of drug-likeness (QED) is 0.332. The first-order valence-electron chi connectivity index (χ1n) is 9.39. The maximum atomic E-state index is 4.74. The Labute approximate surface area is 185 Å². The number of nitrogens with one attached hydrogen (secondary N) is 2. The van der Waals surface area contributed by atoms with Gasteiger partial charge >= 0.3 is 0 Å². The van der Waals surface area contributed by atoms with Crippen molar-refractivity contribution in [3.63, 3.8) is 0 Å². The number of hydrogen-bond donors (Lipinski definition) is 2. The van der Waals surface area contributed by atoms with Crippen LogP contribution in [0.25, 0.3) is 0 Å². The monoisotopic (exact) mass is 544 g/mol. The summed E-state index contributed by atoms with van der Waals surface area (Å²) >= 11 is 3.59. The molecule has 1 saturated carbocycles. The van der Waals surface area contributed by atoms with Gasteiger partial charge in [-0.3, -0.25) is 0 Å². The summed E-state index contributed by atoms with van der Waals surface area (Å²) in [5.41, 5.74) is 1.63. The molecule has 0 radical (unpaired) electrons. The molecule has 0 atom stereocenters. The first kappa shape index (κ1) is 20.6. The van der Waals surface area contributed by atoms with Crippen molar-refractivity contribution < 1.29 is 0 Å². The molecule has 4 rings (SSSR count). The van der Waals surface area contributed by atoms with Gasteiger partial charge in [-0.25, -0.2) is 4.99 Å². The topological polar surface area (TPSA) is 67.1 Å². The molecule has 2 aromatic rings. The van der Waals surface area contributed by atoms with Crippen LogP contribution in [0.3, 0.4) is 0 Å². The minimum Gasteiger partial charge on any atom is -0.357 e. The maximum Gasteiger partial charge on any atom is 0.191 e. The molecule has 8 heteroatoms. The fourth-order valence-corrected chi connectivity index (χ4v) is 4.01. The van der Waals surface area contributed by atoms with Gasteiger partial charge in [0.25, 0.3) is 0 Å². The van der Waals surface area contributed by atoms with Crippen LogP contribution >= 0.6 is 39.9 Å². The smallest absolute Gasteiger partial charge is 0.191 e. The van der Waals surface area contributed by atoms with Gasteiger partial charge in [-0.15, -0.1) is 34.2 Å². The first-order chi connectivity index (χ1) is 12.7. The maximum absolute atomic E-state index is 4.74. The van der Waals surface area contributed by atoms with E-state index < -0.39 is 0 Å². The Morgan fingerprint density at radius 2 is 2.15 bits per heavy atom. The fraction of sp³-hybridized carbons (Fsp3) is 0.526. The molecule has 0 unspecified atom stereocenters. The Balaban J connectivity index is 0.00000210. The molecule has 1 aliphatic carbocycles. The van der Waals surface area contributed by atoms with Crippen LogP contribution < -0.4 is 10.6 Å². The summed E-state index contributed by atoms with van der Waals surface area (Å²) in [4.78, 5) is 4.74. The van der Waals surface area contributed by atoms with Crippen LogP contribution in [0.5, 0.6) is 0 Å². The van der Waals surface area contributed by atoms with Crippen molar-refractivity contribution >= 4 is 45.9 Å². The highest BCUT2D eigenvalue weighted by Gasteiger charge is 2.44. The van der Waals surface area contributed by atoms with Gasteiger partial charge in [0.2, 0.25) is 0 Å². The molecular weight excluding hydrogens is 519 g/mol. The zero-order valence-electron chi connectivity index (χ0n) is 15.5. The van der Waals surface area contributed by atoms with Gasteiger partial charge in [0.15, 0.2) is 11.8 Å². The summed E-state index contributed by atoms with van der Waals surface area (Å²) in [7, 11) is 0. The highest BCUT2D eigenvalue weighted by atomic mass is 127. The SMILES string of the molecule is CCNC(=NCc1nnc2n1CCC2)NCC1(c2cccc(Br)c2)CC1.I. The summed E-state index contributed by atoms with van der Waals surface area (Å²) in [6.07, 6.45) is 4.63. The summed E-state index contributed by atoms with van der Waals surface area (Å²) < 4.78 is 3.35. The van der Waals surface area contributed by atoms with E-state index in [1.807, 2.05) is 0 Å². The van der Waals surface area contributed by atoms with Crippen molar-refractivity contribution in [1.29, 1.82) is 0 Å². The molecule has 146 valence electrons. The Morgan fingerprint density at radius 1 is 1.30 bits per heavy atom. The van der Waals surface area contributed by atoms with Crippen LogP contribution in [0.2, 0.25) is 0 Å². The Hall–Kier alpha value is -1.16. The van der Waals surface area contributed by atoms with Crippen LogP contribution in [0.4, 0.5) is 0 Å². The zero-order valence-corrected chi connectivity index (χ0v) is 19.5. The van der Waals surface area contributed by atoms with Gasteiger partial charge in [-0.1, -0.05) is 28.1 Å². The van der Waals surface area contributed by atoms with Crippen molar-refractivity contribution in [1.82, 2.24) is 25.4 Å². The van der Waals surface area contributed by atoms with E-state index in [2.05, 4.69) is 72.5 Å². The molecule has 27 heavy (non-hydrogen) atoms. The number of halogens is 2.